The molecule has 0 radical (unpaired) electrons. The average molecular weight is 323 g/mol. The van der Waals surface area contributed by atoms with Crippen LogP contribution in [0.3, 0.4) is 0 Å². The number of carbonyl (C=O) groups excluding carboxylic acids is 2. The molecule has 0 unspecified atom stereocenters. The highest BCUT2D eigenvalue weighted by Gasteiger charge is 2.26. The first-order valence-electron chi connectivity index (χ1n) is 7.61. The van der Waals surface area contributed by atoms with Gasteiger partial charge in [0, 0.05) is 11.1 Å². The topological polar surface area (TPSA) is 64.6 Å². The van der Waals surface area contributed by atoms with Crippen molar-refractivity contribution in [3.8, 4) is 11.5 Å². The highest BCUT2D eigenvalue weighted by Crippen LogP contribution is 2.31. The molecule has 5 nitrogen and oxygen atoms in total. The summed E-state index contributed by atoms with van der Waals surface area (Å²) >= 11 is 0. The third kappa shape index (κ3) is 2.88. The van der Waals surface area contributed by atoms with Gasteiger partial charge in [-0.05, 0) is 42.3 Å². The molecule has 2 aromatic carbocycles. The number of amides is 2. The molecule has 5 heteroatoms. The molecule has 3 rings (SSSR count). The van der Waals surface area contributed by atoms with Crippen LogP contribution in [0.4, 0.5) is 0 Å². The zero-order valence-electron chi connectivity index (χ0n) is 13.5. The molecule has 0 saturated heterocycles. The van der Waals surface area contributed by atoms with Gasteiger partial charge >= 0.3 is 0 Å². The average Bonchev–Trinajstić information content (AvgIpc) is 2.60. The number of imide groups is 1. The smallest absolute Gasteiger partial charge is 0.258 e. The van der Waals surface area contributed by atoms with Crippen LogP contribution in [0.15, 0.2) is 42.5 Å². The molecule has 0 spiro atoms. The summed E-state index contributed by atoms with van der Waals surface area (Å²) in [6, 6.07) is 12.5. The first-order chi connectivity index (χ1) is 11.6. The van der Waals surface area contributed by atoms with E-state index in [-0.39, 0.29) is 5.91 Å². The number of rotatable bonds is 4. The Morgan fingerprint density at radius 3 is 2.46 bits per heavy atom. The Morgan fingerprint density at radius 2 is 1.75 bits per heavy atom. The number of methoxy groups -OCH3 is 1. The van der Waals surface area contributed by atoms with Crippen LogP contribution in [-0.2, 0) is 4.79 Å². The number of hydrogen-bond acceptors (Lipinski definition) is 4. The molecule has 0 aromatic heterocycles. The Kier molecular flexibility index (Phi) is 4.33. The molecule has 122 valence electrons. The molecule has 1 aliphatic heterocycles. The van der Waals surface area contributed by atoms with Crippen LogP contribution in [0.1, 0.15) is 28.4 Å². The first kappa shape index (κ1) is 15.8. The molecule has 0 atom stereocenters. The van der Waals surface area contributed by atoms with Crippen LogP contribution in [0.2, 0.25) is 0 Å². The molecule has 0 bridgehead atoms. The largest absolute Gasteiger partial charge is 0.493 e. The SMILES string of the molecule is CCOc1ccc(C=C2C(=O)NC(=O)c3ccccc32)cc1OC. The molecule has 1 heterocycles. The Labute approximate surface area is 139 Å². The van der Waals surface area contributed by atoms with Crippen molar-refractivity contribution < 1.29 is 19.1 Å². The van der Waals surface area contributed by atoms with E-state index in [4.69, 9.17) is 9.47 Å². The van der Waals surface area contributed by atoms with Crippen LogP contribution in [0.25, 0.3) is 11.6 Å². The predicted octanol–water partition coefficient (Wildman–Crippen LogP) is 2.90. The van der Waals surface area contributed by atoms with Gasteiger partial charge in [-0.25, -0.2) is 0 Å². The molecule has 1 aliphatic rings. The van der Waals surface area contributed by atoms with Crippen LogP contribution in [-0.4, -0.2) is 25.5 Å². The molecular formula is C19H17NO4. The van der Waals surface area contributed by atoms with Gasteiger partial charge in [0.05, 0.1) is 13.7 Å². The summed E-state index contributed by atoms with van der Waals surface area (Å²) in [6.45, 7) is 2.43. The summed E-state index contributed by atoms with van der Waals surface area (Å²) in [6.07, 6.45) is 1.73. The van der Waals surface area contributed by atoms with E-state index >= 15 is 0 Å². The summed E-state index contributed by atoms with van der Waals surface area (Å²) in [5.74, 6) is 0.446. The Morgan fingerprint density at radius 1 is 1.00 bits per heavy atom. The van der Waals surface area contributed by atoms with E-state index in [0.717, 1.165) is 5.56 Å². The zero-order chi connectivity index (χ0) is 17.1. The molecule has 0 saturated carbocycles. The maximum Gasteiger partial charge on any atom is 0.258 e. The first-order valence-corrected chi connectivity index (χ1v) is 7.61. The van der Waals surface area contributed by atoms with Crippen LogP contribution in [0.5, 0.6) is 11.5 Å². The van der Waals surface area contributed by atoms with E-state index in [1.54, 1.807) is 49.6 Å². The fraction of sp³-hybridized carbons (Fsp3) is 0.158. The van der Waals surface area contributed by atoms with Crippen molar-refractivity contribution in [1.29, 1.82) is 0 Å². The lowest BCUT2D eigenvalue weighted by atomic mass is 9.93. The summed E-state index contributed by atoms with van der Waals surface area (Å²) in [5.41, 5.74) is 2.33. The minimum absolute atomic E-state index is 0.378. The van der Waals surface area contributed by atoms with E-state index in [9.17, 15) is 9.59 Å². The monoisotopic (exact) mass is 323 g/mol. The predicted molar refractivity (Wildman–Crippen MR) is 90.9 cm³/mol. The maximum atomic E-state index is 12.2. The summed E-state index contributed by atoms with van der Waals surface area (Å²) < 4.78 is 10.8. The van der Waals surface area contributed by atoms with Crippen molar-refractivity contribution in [3.05, 3.63) is 59.2 Å². The zero-order valence-corrected chi connectivity index (χ0v) is 13.5. The van der Waals surface area contributed by atoms with Crippen molar-refractivity contribution in [2.24, 2.45) is 0 Å². The van der Waals surface area contributed by atoms with Gasteiger partial charge in [0.25, 0.3) is 11.8 Å². The van der Waals surface area contributed by atoms with Crippen molar-refractivity contribution in [3.63, 3.8) is 0 Å². The third-order valence-electron chi connectivity index (χ3n) is 3.73. The molecule has 24 heavy (non-hydrogen) atoms. The van der Waals surface area contributed by atoms with Crippen molar-refractivity contribution in [2.45, 2.75) is 6.92 Å². The quantitative estimate of drug-likeness (QED) is 0.694. The van der Waals surface area contributed by atoms with Crippen molar-refractivity contribution in [2.75, 3.05) is 13.7 Å². The summed E-state index contributed by atoms with van der Waals surface area (Å²) in [7, 11) is 1.57. The van der Waals surface area contributed by atoms with Gasteiger partial charge in [-0.15, -0.1) is 0 Å². The second-order valence-electron chi connectivity index (χ2n) is 5.23. The van der Waals surface area contributed by atoms with Gasteiger partial charge in [-0.1, -0.05) is 24.3 Å². The lowest BCUT2D eigenvalue weighted by Crippen LogP contribution is -2.36. The molecule has 2 amide bonds. The van der Waals surface area contributed by atoms with Crippen molar-refractivity contribution in [1.82, 2.24) is 5.32 Å². The molecule has 2 aromatic rings. The summed E-state index contributed by atoms with van der Waals surface area (Å²) in [5, 5.41) is 2.36. The Hall–Kier alpha value is -3.08. The fourth-order valence-corrected chi connectivity index (χ4v) is 2.63. The fourth-order valence-electron chi connectivity index (χ4n) is 2.63. The third-order valence-corrected chi connectivity index (χ3v) is 3.73. The van der Waals surface area contributed by atoms with E-state index in [0.29, 0.717) is 34.8 Å². The van der Waals surface area contributed by atoms with Gasteiger partial charge in [0.15, 0.2) is 11.5 Å². The van der Waals surface area contributed by atoms with Gasteiger partial charge in [0.1, 0.15) is 0 Å². The Bertz CT molecular complexity index is 839. The standard InChI is InChI=1S/C19H17NO4/c1-3-24-16-9-8-12(11-17(16)23-2)10-15-13-6-4-5-7-14(13)18(21)20-19(15)22/h4-11H,3H2,1-2H3,(H,20,21,22). The second-order valence-corrected chi connectivity index (χ2v) is 5.23. The number of hydrogen-bond donors (Lipinski definition) is 1. The minimum Gasteiger partial charge on any atom is -0.493 e. The van der Waals surface area contributed by atoms with E-state index in [1.807, 2.05) is 13.0 Å². The lowest BCUT2D eigenvalue weighted by Gasteiger charge is -2.18. The van der Waals surface area contributed by atoms with E-state index < -0.39 is 5.91 Å². The van der Waals surface area contributed by atoms with Crippen LogP contribution in [0, 0.1) is 0 Å². The molecule has 0 aliphatic carbocycles. The number of benzene rings is 2. The number of nitrogens with one attached hydrogen (secondary N) is 1. The lowest BCUT2D eigenvalue weighted by molar-refractivity contribution is -0.114. The molecule has 1 N–H and O–H groups in total. The molecule has 0 fully saturated rings. The number of carbonyl (C=O) groups is 2. The maximum absolute atomic E-state index is 12.2. The van der Waals surface area contributed by atoms with Gasteiger partial charge in [0.2, 0.25) is 0 Å². The Balaban J connectivity index is 2.06. The van der Waals surface area contributed by atoms with Crippen LogP contribution < -0.4 is 14.8 Å². The van der Waals surface area contributed by atoms with Gasteiger partial charge in [-0.3, -0.25) is 14.9 Å². The van der Waals surface area contributed by atoms with Gasteiger partial charge < -0.3 is 9.47 Å². The number of fused-ring (bicyclic) bond motifs is 1. The normalized spacial score (nSPS) is 15.0. The van der Waals surface area contributed by atoms with Crippen molar-refractivity contribution >= 4 is 23.5 Å². The van der Waals surface area contributed by atoms with E-state index in [2.05, 4.69) is 5.32 Å². The van der Waals surface area contributed by atoms with Crippen LogP contribution >= 0.6 is 0 Å². The number of ether oxygens (including phenoxy) is 2. The second kappa shape index (κ2) is 6.58. The summed E-state index contributed by atoms with van der Waals surface area (Å²) in [4.78, 5) is 24.2. The van der Waals surface area contributed by atoms with E-state index in [1.165, 1.54) is 0 Å². The molecular weight excluding hydrogens is 306 g/mol. The highest BCUT2D eigenvalue weighted by atomic mass is 16.5. The highest BCUT2D eigenvalue weighted by molar-refractivity contribution is 6.33. The van der Waals surface area contributed by atoms with Gasteiger partial charge in [-0.2, -0.15) is 0 Å². The minimum atomic E-state index is -0.411.